The van der Waals surface area contributed by atoms with Crippen LogP contribution in [0.1, 0.15) is 5.69 Å². The van der Waals surface area contributed by atoms with Crippen LogP contribution in [0.4, 0.5) is 5.82 Å². The van der Waals surface area contributed by atoms with Gasteiger partial charge in [0, 0.05) is 14.1 Å². The van der Waals surface area contributed by atoms with Gasteiger partial charge < -0.3 is 4.90 Å². The third kappa shape index (κ3) is 1.89. The molecule has 1 rings (SSSR count). The molecule has 0 bridgehead atoms. The Morgan fingerprint density at radius 3 is 2.55 bits per heavy atom. The molecule has 3 nitrogen and oxygen atoms in total. The van der Waals surface area contributed by atoms with Crippen molar-refractivity contribution in [2.45, 2.75) is 6.92 Å². The zero-order valence-corrected chi connectivity index (χ0v) is 8.38. The standard InChI is InChI=1S/C7H10BrN3/c1-5-4-9-7(11(2)3)6(8)10-5/h4H,1-3H3. The molecule has 11 heavy (non-hydrogen) atoms. The van der Waals surface area contributed by atoms with Gasteiger partial charge in [-0.15, -0.1) is 0 Å². The van der Waals surface area contributed by atoms with E-state index in [4.69, 9.17) is 0 Å². The first kappa shape index (κ1) is 8.46. The van der Waals surface area contributed by atoms with E-state index in [1.54, 1.807) is 6.20 Å². The van der Waals surface area contributed by atoms with Gasteiger partial charge >= 0.3 is 0 Å². The molecule has 4 heteroatoms. The van der Waals surface area contributed by atoms with Gasteiger partial charge in [0.05, 0.1) is 11.9 Å². The highest BCUT2D eigenvalue weighted by Crippen LogP contribution is 2.18. The van der Waals surface area contributed by atoms with E-state index in [1.807, 2.05) is 25.9 Å². The maximum atomic E-state index is 4.21. The highest BCUT2D eigenvalue weighted by atomic mass is 79.9. The smallest absolute Gasteiger partial charge is 0.161 e. The number of nitrogens with zero attached hydrogens (tertiary/aromatic N) is 3. The minimum absolute atomic E-state index is 0.794. The second-order valence-electron chi connectivity index (χ2n) is 2.52. The van der Waals surface area contributed by atoms with Crippen molar-refractivity contribution in [1.29, 1.82) is 0 Å². The summed E-state index contributed by atoms with van der Waals surface area (Å²) in [6.45, 7) is 1.91. The molecule has 0 aromatic carbocycles. The predicted octanol–water partition coefficient (Wildman–Crippen LogP) is 1.61. The molecular weight excluding hydrogens is 206 g/mol. The molecule has 0 atom stereocenters. The van der Waals surface area contributed by atoms with Crippen LogP contribution >= 0.6 is 15.9 Å². The lowest BCUT2D eigenvalue weighted by molar-refractivity contribution is 0.999. The van der Waals surface area contributed by atoms with Crippen molar-refractivity contribution in [1.82, 2.24) is 9.97 Å². The zero-order valence-electron chi connectivity index (χ0n) is 6.80. The van der Waals surface area contributed by atoms with E-state index in [0.717, 1.165) is 16.1 Å². The van der Waals surface area contributed by atoms with E-state index in [9.17, 15) is 0 Å². The number of hydrogen-bond donors (Lipinski definition) is 0. The third-order valence-electron chi connectivity index (χ3n) is 1.26. The minimum Gasteiger partial charge on any atom is -0.360 e. The predicted molar refractivity (Wildman–Crippen MR) is 48.8 cm³/mol. The molecule has 0 aliphatic carbocycles. The van der Waals surface area contributed by atoms with Crippen LogP contribution < -0.4 is 4.90 Å². The topological polar surface area (TPSA) is 29.0 Å². The van der Waals surface area contributed by atoms with Crippen LogP contribution in [0.15, 0.2) is 10.8 Å². The molecule has 60 valence electrons. The van der Waals surface area contributed by atoms with Crippen molar-refractivity contribution in [3.8, 4) is 0 Å². The van der Waals surface area contributed by atoms with Crippen molar-refractivity contribution in [3.63, 3.8) is 0 Å². The molecule has 1 aromatic rings. The van der Waals surface area contributed by atoms with E-state index < -0.39 is 0 Å². The summed E-state index contributed by atoms with van der Waals surface area (Å²) in [5, 5.41) is 0. The van der Waals surface area contributed by atoms with E-state index in [2.05, 4.69) is 25.9 Å². The van der Waals surface area contributed by atoms with E-state index in [0.29, 0.717) is 0 Å². The van der Waals surface area contributed by atoms with E-state index in [-0.39, 0.29) is 0 Å². The molecule has 0 saturated heterocycles. The lowest BCUT2D eigenvalue weighted by atomic mass is 10.5. The summed E-state index contributed by atoms with van der Waals surface area (Å²) >= 11 is 3.33. The number of hydrogen-bond acceptors (Lipinski definition) is 3. The molecular formula is C7H10BrN3. The summed E-state index contributed by atoms with van der Waals surface area (Å²) < 4.78 is 0.794. The largest absolute Gasteiger partial charge is 0.360 e. The maximum Gasteiger partial charge on any atom is 0.161 e. The average Bonchev–Trinajstić information content (AvgIpc) is 1.85. The van der Waals surface area contributed by atoms with Crippen LogP contribution in [0.5, 0.6) is 0 Å². The van der Waals surface area contributed by atoms with Crippen LogP contribution in [-0.4, -0.2) is 24.1 Å². The quantitative estimate of drug-likeness (QED) is 0.714. The first-order valence-electron chi connectivity index (χ1n) is 3.27. The van der Waals surface area contributed by atoms with E-state index >= 15 is 0 Å². The van der Waals surface area contributed by atoms with Crippen molar-refractivity contribution in [2.75, 3.05) is 19.0 Å². The summed E-state index contributed by atoms with van der Waals surface area (Å²) in [6.07, 6.45) is 1.75. The molecule has 0 aliphatic heterocycles. The Bertz CT molecular complexity index is 260. The summed E-state index contributed by atoms with van der Waals surface area (Å²) in [7, 11) is 3.87. The molecule has 0 saturated carbocycles. The molecule has 0 unspecified atom stereocenters. The second kappa shape index (κ2) is 3.17. The number of rotatable bonds is 1. The van der Waals surface area contributed by atoms with Gasteiger partial charge in [-0.2, -0.15) is 0 Å². The molecule has 1 aromatic heterocycles. The number of anilines is 1. The lowest BCUT2D eigenvalue weighted by Gasteiger charge is -2.11. The normalized spacial score (nSPS) is 9.82. The van der Waals surface area contributed by atoms with E-state index in [1.165, 1.54) is 0 Å². The number of aromatic nitrogens is 2. The second-order valence-corrected chi connectivity index (χ2v) is 3.27. The van der Waals surface area contributed by atoms with Gasteiger partial charge in [-0.3, -0.25) is 0 Å². The molecule has 0 aliphatic rings. The van der Waals surface area contributed by atoms with Crippen LogP contribution in [0, 0.1) is 6.92 Å². The van der Waals surface area contributed by atoms with Crippen molar-refractivity contribution >= 4 is 21.7 Å². The Hall–Kier alpha value is -0.640. The van der Waals surface area contributed by atoms with Crippen LogP contribution in [0.2, 0.25) is 0 Å². The van der Waals surface area contributed by atoms with Gasteiger partial charge in [0.2, 0.25) is 0 Å². The fourth-order valence-corrected chi connectivity index (χ4v) is 1.48. The summed E-state index contributed by atoms with van der Waals surface area (Å²) in [4.78, 5) is 10.3. The monoisotopic (exact) mass is 215 g/mol. The fraction of sp³-hybridized carbons (Fsp3) is 0.429. The van der Waals surface area contributed by atoms with Crippen LogP contribution in [-0.2, 0) is 0 Å². The van der Waals surface area contributed by atoms with Crippen LogP contribution in [0.3, 0.4) is 0 Å². The fourth-order valence-electron chi connectivity index (χ4n) is 0.742. The minimum atomic E-state index is 0.794. The van der Waals surface area contributed by atoms with Gasteiger partial charge in [0.25, 0.3) is 0 Å². The molecule has 0 amide bonds. The molecule has 0 fully saturated rings. The Kier molecular flexibility index (Phi) is 2.44. The third-order valence-corrected chi connectivity index (χ3v) is 1.79. The Morgan fingerprint density at radius 2 is 2.09 bits per heavy atom. The average molecular weight is 216 g/mol. The zero-order chi connectivity index (χ0) is 8.43. The molecule has 0 spiro atoms. The Morgan fingerprint density at radius 1 is 1.45 bits per heavy atom. The summed E-state index contributed by atoms with van der Waals surface area (Å²) in [5.41, 5.74) is 0.919. The van der Waals surface area contributed by atoms with Gasteiger partial charge in [0.15, 0.2) is 5.82 Å². The Balaban J connectivity index is 3.09. The van der Waals surface area contributed by atoms with Crippen LogP contribution in [0.25, 0.3) is 0 Å². The van der Waals surface area contributed by atoms with Gasteiger partial charge in [-0.25, -0.2) is 9.97 Å². The molecule has 1 heterocycles. The molecule has 0 radical (unpaired) electrons. The van der Waals surface area contributed by atoms with Gasteiger partial charge in [-0.05, 0) is 22.9 Å². The SMILES string of the molecule is Cc1cnc(N(C)C)c(Br)n1. The van der Waals surface area contributed by atoms with Crippen molar-refractivity contribution < 1.29 is 0 Å². The van der Waals surface area contributed by atoms with Gasteiger partial charge in [-0.1, -0.05) is 0 Å². The lowest BCUT2D eigenvalue weighted by Crippen LogP contribution is -2.12. The summed E-state index contributed by atoms with van der Waals surface area (Å²) in [5.74, 6) is 0.857. The summed E-state index contributed by atoms with van der Waals surface area (Å²) in [6, 6.07) is 0. The van der Waals surface area contributed by atoms with Gasteiger partial charge in [0.1, 0.15) is 4.60 Å². The van der Waals surface area contributed by atoms with Crippen molar-refractivity contribution in [3.05, 3.63) is 16.5 Å². The molecule has 0 N–H and O–H groups in total. The highest BCUT2D eigenvalue weighted by Gasteiger charge is 2.03. The maximum absolute atomic E-state index is 4.21. The number of halogens is 1. The highest BCUT2D eigenvalue weighted by molar-refractivity contribution is 9.10. The Labute approximate surface area is 74.6 Å². The van der Waals surface area contributed by atoms with Crippen molar-refractivity contribution in [2.24, 2.45) is 0 Å². The first-order valence-corrected chi connectivity index (χ1v) is 4.07. The number of aryl methyl sites for hydroxylation is 1. The first-order chi connectivity index (χ1) is 5.11.